The van der Waals surface area contributed by atoms with Crippen molar-refractivity contribution < 1.29 is 14.3 Å². The molecule has 0 aromatic carbocycles. The Morgan fingerprint density at radius 3 is 2.78 bits per heavy atom. The number of rotatable bonds is 3. The normalized spacial score (nSPS) is 25.3. The second kappa shape index (κ2) is 8.21. The van der Waals surface area contributed by atoms with Crippen LogP contribution in [0.2, 0.25) is 0 Å². The summed E-state index contributed by atoms with van der Waals surface area (Å²) in [5.74, 6) is -0.244. The maximum absolute atomic E-state index is 12.4. The molecule has 2 aliphatic heterocycles. The third-order valence-corrected chi connectivity index (χ3v) is 4.16. The minimum atomic E-state index is -0.684. The Morgan fingerprint density at radius 1 is 1.43 bits per heavy atom. The molecule has 128 valence electrons. The van der Waals surface area contributed by atoms with Crippen LogP contribution in [0.5, 0.6) is 0 Å². The Hall–Kier alpha value is -1.74. The minimum Gasteiger partial charge on any atom is -0.445 e. The molecule has 0 bridgehead atoms. The Kier molecular flexibility index (Phi) is 6.28. The average molecular weight is 341 g/mol. The van der Waals surface area contributed by atoms with E-state index in [4.69, 9.17) is 10.5 Å². The van der Waals surface area contributed by atoms with Crippen LogP contribution in [0.4, 0.5) is 4.79 Å². The predicted molar refractivity (Wildman–Crippen MR) is 90.5 cm³/mol. The monoisotopic (exact) mass is 341 g/mol. The van der Waals surface area contributed by atoms with Crippen LogP contribution >= 0.6 is 12.6 Å². The largest absolute Gasteiger partial charge is 0.445 e. The average Bonchev–Trinajstić information content (AvgIpc) is 2.95. The molecule has 0 aliphatic carbocycles. The molecule has 0 radical (unpaired) electrons. The van der Waals surface area contributed by atoms with E-state index in [9.17, 15) is 9.59 Å². The minimum absolute atomic E-state index is 0.0872. The summed E-state index contributed by atoms with van der Waals surface area (Å²) in [4.78, 5) is 31.6. The number of aliphatic imine (C=N–C) groups is 1. The number of ether oxygens (including phenoxy) is 1. The number of hydrogen-bond donors (Lipinski definition) is 3. The van der Waals surface area contributed by atoms with Crippen molar-refractivity contribution in [3.8, 4) is 0 Å². The zero-order chi connectivity index (χ0) is 16.8. The van der Waals surface area contributed by atoms with E-state index in [1.807, 2.05) is 4.90 Å². The van der Waals surface area contributed by atoms with E-state index in [1.54, 1.807) is 0 Å². The highest BCUT2D eigenvalue weighted by Gasteiger charge is 2.39. The maximum Gasteiger partial charge on any atom is 0.410 e. The van der Waals surface area contributed by atoms with Gasteiger partial charge in [-0.2, -0.15) is 17.6 Å². The van der Waals surface area contributed by atoms with Crippen LogP contribution in [-0.4, -0.2) is 78.4 Å². The van der Waals surface area contributed by atoms with Gasteiger partial charge in [-0.1, -0.05) is 12.7 Å². The van der Waals surface area contributed by atoms with E-state index in [0.29, 0.717) is 26.1 Å². The smallest absolute Gasteiger partial charge is 0.410 e. The summed E-state index contributed by atoms with van der Waals surface area (Å²) >= 11 is 4.36. The fourth-order valence-electron chi connectivity index (χ4n) is 2.61. The van der Waals surface area contributed by atoms with E-state index < -0.39 is 18.0 Å². The van der Waals surface area contributed by atoms with Gasteiger partial charge in [-0.25, -0.2) is 4.79 Å². The summed E-state index contributed by atoms with van der Waals surface area (Å²) in [6, 6.07) is -0.684. The van der Waals surface area contributed by atoms with E-state index in [-0.39, 0.29) is 17.8 Å². The number of guanidine groups is 1. The third kappa shape index (κ3) is 4.61. The van der Waals surface area contributed by atoms with Gasteiger partial charge in [-0.15, -0.1) is 0 Å². The van der Waals surface area contributed by atoms with Crippen LogP contribution in [0.3, 0.4) is 0 Å². The SMILES string of the molecule is C=CCOC(=O)N1C[C@@H](S)C[C@H]1C(=O)N=C(N)N1CCNCC1. The van der Waals surface area contributed by atoms with Gasteiger partial charge in [-0.3, -0.25) is 9.69 Å². The van der Waals surface area contributed by atoms with E-state index in [0.717, 1.165) is 13.1 Å². The predicted octanol–water partition coefficient (Wildman–Crippen LogP) is -0.572. The molecule has 23 heavy (non-hydrogen) atoms. The molecule has 2 amide bonds. The highest BCUT2D eigenvalue weighted by molar-refractivity contribution is 7.81. The van der Waals surface area contributed by atoms with Gasteiger partial charge in [-0.05, 0) is 6.42 Å². The quantitative estimate of drug-likeness (QED) is 0.275. The number of nitrogens with one attached hydrogen (secondary N) is 1. The molecule has 3 N–H and O–H groups in total. The lowest BCUT2D eigenvalue weighted by atomic mass is 10.2. The van der Waals surface area contributed by atoms with Gasteiger partial charge in [0.15, 0.2) is 5.96 Å². The summed E-state index contributed by atoms with van der Waals surface area (Å²) in [6.45, 7) is 6.94. The molecule has 2 rings (SSSR count). The number of nitrogens with zero attached hydrogens (tertiary/aromatic N) is 3. The van der Waals surface area contributed by atoms with E-state index in [1.165, 1.54) is 11.0 Å². The van der Waals surface area contributed by atoms with Crippen LogP contribution in [-0.2, 0) is 9.53 Å². The van der Waals surface area contributed by atoms with Gasteiger partial charge in [0.1, 0.15) is 12.6 Å². The molecule has 0 aromatic heterocycles. The van der Waals surface area contributed by atoms with Crippen molar-refractivity contribution >= 4 is 30.6 Å². The number of carbonyl (C=O) groups is 2. The van der Waals surface area contributed by atoms with Gasteiger partial charge in [0.05, 0.1) is 0 Å². The number of hydrogen-bond acceptors (Lipinski definition) is 5. The van der Waals surface area contributed by atoms with Crippen molar-refractivity contribution in [1.82, 2.24) is 15.1 Å². The number of piperazine rings is 1. The Bertz CT molecular complexity index is 493. The number of likely N-dealkylation sites (tertiary alicyclic amines) is 1. The molecule has 0 unspecified atom stereocenters. The first kappa shape index (κ1) is 17.6. The summed E-state index contributed by atoms with van der Waals surface area (Å²) in [6.07, 6.45) is 1.35. The van der Waals surface area contributed by atoms with Crippen molar-refractivity contribution in [2.24, 2.45) is 10.7 Å². The fraction of sp³-hybridized carbons (Fsp3) is 0.643. The first-order chi connectivity index (χ1) is 11.0. The zero-order valence-electron chi connectivity index (χ0n) is 13.0. The Morgan fingerprint density at radius 2 is 2.13 bits per heavy atom. The highest BCUT2D eigenvalue weighted by atomic mass is 32.1. The van der Waals surface area contributed by atoms with Crippen LogP contribution in [0.1, 0.15) is 6.42 Å². The lowest BCUT2D eigenvalue weighted by molar-refractivity contribution is -0.121. The van der Waals surface area contributed by atoms with Crippen molar-refractivity contribution in [3.63, 3.8) is 0 Å². The van der Waals surface area contributed by atoms with Gasteiger partial charge in [0.25, 0.3) is 5.91 Å². The number of nitrogens with two attached hydrogens (primary N) is 1. The summed E-state index contributed by atoms with van der Waals surface area (Å²) < 4.78 is 5.01. The third-order valence-electron chi connectivity index (χ3n) is 3.79. The van der Waals surface area contributed by atoms with Crippen molar-refractivity contribution in [1.29, 1.82) is 0 Å². The zero-order valence-corrected chi connectivity index (χ0v) is 13.9. The molecule has 0 saturated carbocycles. The Balaban J connectivity index is 2.03. The molecule has 0 aromatic rings. The maximum atomic E-state index is 12.4. The number of carbonyl (C=O) groups excluding carboxylic acids is 2. The first-order valence-corrected chi connectivity index (χ1v) is 8.10. The van der Waals surface area contributed by atoms with Crippen molar-refractivity contribution in [3.05, 3.63) is 12.7 Å². The summed E-state index contributed by atoms with van der Waals surface area (Å²) in [5.41, 5.74) is 5.91. The molecule has 9 heteroatoms. The topological polar surface area (TPSA) is 100 Å². The molecule has 2 saturated heterocycles. The van der Waals surface area contributed by atoms with Crippen molar-refractivity contribution in [2.45, 2.75) is 17.7 Å². The standard InChI is InChI=1S/C14H23N5O3S/c1-2-7-22-14(21)19-9-10(23)8-11(19)12(20)17-13(15)18-5-3-16-4-6-18/h2,10-11,16,23H,1,3-9H2,(H2,15,17,20)/t10-,11-/m0/s1. The molecule has 2 fully saturated rings. The molecule has 2 heterocycles. The number of amides is 2. The van der Waals surface area contributed by atoms with E-state index >= 15 is 0 Å². The molecule has 0 spiro atoms. The molecule has 2 atom stereocenters. The molecule has 2 aliphatic rings. The lowest BCUT2D eigenvalue weighted by Crippen LogP contribution is -2.50. The number of thiol groups is 1. The van der Waals surface area contributed by atoms with Crippen LogP contribution in [0.15, 0.2) is 17.6 Å². The second-order valence-corrected chi connectivity index (χ2v) is 6.20. The first-order valence-electron chi connectivity index (χ1n) is 7.59. The van der Waals surface area contributed by atoms with Crippen molar-refractivity contribution in [2.75, 3.05) is 39.3 Å². The fourth-order valence-corrected chi connectivity index (χ4v) is 2.99. The van der Waals surface area contributed by atoms with Gasteiger partial charge in [0.2, 0.25) is 0 Å². The molecule has 8 nitrogen and oxygen atoms in total. The Labute approximate surface area is 141 Å². The molecular formula is C14H23N5O3S. The second-order valence-electron chi connectivity index (χ2n) is 5.47. The lowest BCUT2D eigenvalue weighted by Gasteiger charge is -2.28. The van der Waals surface area contributed by atoms with Crippen LogP contribution < -0.4 is 11.1 Å². The van der Waals surface area contributed by atoms with E-state index in [2.05, 4.69) is 29.5 Å². The summed E-state index contributed by atoms with van der Waals surface area (Å²) in [5, 5.41) is 3.11. The van der Waals surface area contributed by atoms with Gasteiger partial charge < -0.3 is 20.7 Å². The highest BCUT2D eigenvalue weighted by Crippen LogP contribution is 2.23. The van der Waals surface area contributed by atoms with Crippen LogP contribution in [0.25, 0.3) is 0 Å². The van der Waals surface area contributed by atoms with Gasteiger partial charge >= 0.3 is 6.09 Å². The van der Waals surface area contributed by atoms with Crippen LogP contribution in [0, 0.1) is 0 Å². The van der Waals surface area contributed by atoms with Gasteiger partial charge in [0, 0.05) is 38.0 Å². The molecular weight excluding hydrogens is 318 g/mol. The summed E-state index contributed by atoms with van der Waals surface area (Å²) in [7, 11) is 0.